The lowest BCUT2D eigenvalue weighted by Gasteiger charge is -2.09. The van der Waals surface area contributed by atoms with Gasteiger partial charge in [0, 0.05) is 20.3 Å². The Morgan fingerprint density at radius 1 is 1.54 bits per heavy atom. The van der Waals surface area contributed by atoms with Crippen LogP contribution in [0.4, 0.5) is 0 Å². The molecule has 0 saturated carbocycles. The molecule has 74 valence electrons. The zero-order valence-electron chi connectivity index (χ0n) is 8.03. The Morgan fingerprint density at radius 2 is 2.15 bits per heavy atom. The minimum Gasteiger partial charge on any atom is -0.461 e. The number of rotatable bonds is 5. The lowest BCUT2D eigenvalue weighted by atomic mass is 10.4. The molecule has 0 unspecified atom stereocenters. The maximum absolute atomic E-state index is 11.1. The van der Waals surface area contributed by atoms with E-state index in [1.807, 2.05) is 0 Å². The average Bonchev–Trinajstić information content (AvgIpc) is 2.03. The molecule has 0 atom stereocenters. The molecule has 13 heavy (non-hydrogen) atoms. The lowest BCUT2D eigenvalue weighted by Crippen LogP contribution is -2.23. The molecule has 0 saturated heterocycles. The molecule has 5 heteroatoms. The Labute approximate surface area is 77.4 Å². The third kappa shape index (κ3) is 4.84. The number of nitrogens with zero attached hydrogens (tertiary/aromatic N) is 1. The number of hydrogen-bond acceptors (Lipinski definition) is 4. The van der Waals surface area contributed by atoms with Crippen LogP contribution in [-0.4, -0.2) is 38.0 Å². The van der Waals surface area contributed by atoms with E-state index in [0.29, 0.717) is 6.41 Å². The minimum atomic E-state index is -0.539. The molecule has 0 fully saturated rings. The van der Waals surface area contributed by atoms with Crippen molar-refractivity contribution in [1.82, 2.24) is 10.2 Å². The summed E-state index contributed by atoms with van der Waals surface area (Å²) in [6, 6.07) is 0. The van der Waals surface area contributed by atoms with Gasteiger partial charge in [0.2, 0.25) is 6.41 Å². The van der Waals surface area contributed by atoms with E-state index in [4.69, 9.17) is 4.74 Å². The molecule has 0 spiro atoms. The van der Waals surface area contributed by atoms with Gasteiger partial charge in [0.1, 0.15) is 5.70 Å². The molecular weight excluding hydrogens is 172 g/mol. The average molecular weight is 186 g/mol. The highest BCUT2D eigenvalue weighted by molar-refractivity contribution is 5.90. The summed E-state index contributed by atoms with van der Waals surface area (Å²) in [5, 5.41) is 2.26. The topological polar surface area (TPSA) is 58.6 Å². The molecule has 0 aliphatic carbocycles. The second-order valence-corrected chi connectivity index (χ2v) is 2.49. The molecule has 0 aromatic rings. The van der Waals surface area contributed by atoms with Gasteiger partial charge < -0.3 is 15.0 Å². The lowest BCUT2D eigenvalue weighted by molar-refractivity contribution is -0.139. The fraction of sp³-hybridized carbons (Fsp3) is 0.500. The first kappa shape index (κ1) is 11.5. The summed E-state index contributed by atoms with van der Waals surface area (Å²) < 4.78 is 4.70. The monoisotopic (exact) mass is 186 g/mol. The van der Waals surface area contributed by atoms with Crippen molar-refractivity contribution in [3.05, 3.63) is 11.9 Å². The van der Waals surface area contributed by atoms with Crippen LogP contribution in [0.25, 0.3) is 0 Å². The highest BCUT2D eigenvalue weighted by Gasteiger charge is 2.09. The molecule has 0 aromatic heterocycles. The quantitative estimate of drug-likeness (QED) is 0.364. The normalized spacial score (nSPS) is 10.5. The van der Waals surface area contributed by atoms with Crippen LogP contribution in [-0.2, 0) is 14.3 Å². The Bertz CT molecular complexity index is 211. The molecule has 1 N–H and O–H groups in total. The summed E-state index contributed by atoms with van der Waals surface area (Å²) >= 11 is 0. The Morgan fingerprint density at radius 3 is 2.54 bits per heavy atom. The predicted molar refractivity (Wildman–Crippen MR) is 47.6 cm³/mol. The maximum Gasteiger partial charge on any atom is 0.356 e. The van der Waals surface area contributed by atoms with Gasteiger partial charge in [-0.25, -0.2) is 4.79 Å². The van der Waals surface area contributed by atoms with Crippen molar-refractivity contribution >= 4 is 12.4 Å². The van der Waals surface area contributed by atoms with Gasteiger partial charge in [0.25, 0.3) is 0 Å². The zero-order chi connectivity index (χ0) is 10.3. The van der Waals surface area contributed by atoms with Gasteiger partial charge in [-0.3, -0.25) is 4.79 Å². The SMILES string of the molecule is CCOC(=O)C(=CN(C)C)NC=O. The van der Waals surface area contributed by atoms with Gasteiger partial charge in [-0.15, -0.1) is 0 Å². The van der Waals surface area contributed by atoms with Crippen molar-refractivity contribution in [2.45, 2.75) is 6.92 Å². The standard InChI is InChI=1S/C8H14N2O3/c1-4-13-8(12)7(9-6-11)5-10(2)3/h5-6H,4H2,1-3H3,(H,9,11). The summed E-state index contributed by atoms with van der Waals surface area (Å²) in [6.07, 6.45) is 1.92. The van der Waals surface area contributed by atoms with Crippen LogP contribution in [0.1, 0.15) is 6.92 Å². The summed E-state index contributed by atoms with van der Waals surface area (Å²) in [5.74, 6) is -0.539. The van der Waals surface area contributed by atoms with Gasteiger partial charge >= 0.3 is 5.97 Å². The smallest absolute Gasteiger partial charge is 0.356 e. The molecule has 0 aliphatic rings. The molecule has 0 rings (SSSR count). The summed E-state index contributed by atoms with van der Waals surface area (Å²) in [4.78, 5) is 22.9. The van der Waals surface area contributed by atoms with Crippen molar-refractivity contribution in [3.8, 4) is 0 Å². The molecule has 0 bridgehead atoms. The fourth-order valence-corrected chi connectivity index (χ4v) is 0.679. The molecule has 0 heterocycles. The number of carbonyl (C=O) groups excluding carboxylic acids is 2. The number of carbonyl (C=O) groups is 2. The van der Waals surface area contributed by atoms with Crippen molar-refractivity contribution in [2.75, 3.05) is 20.7 Å². The first-order valence-electron chi connectivity index (χ1n) is 3.87. The van der Waals surface area contributed by atoms with Crippen LogP contribution < -0.4 is 5.32 Å². The predicted octanol–water partition coefficient (Wildman–Crippen LogP) is -0.302. The van der Waals surface area contributed by atoms with Gasteiger partial charge in [0.05, 0.1) is 6.61 Å². The van der Waals surface area contributed by atoms with Gasteiger partial charge in [-0.2, -0.15) is 0 Å². The number of nitrogens with one attached hydrogen (secondary N) is 1. The van der Waals surface area contributed by atoms with E-state index in [1.165, 1.54) is 6.20 Å². The number of hydrogen-bond donors (Lipinski definition) is 1. The summed E-state index contributed by atoms with van der Waals surface area (Å²) in [5.41, 5.74) is 0.127. The summed E-state index contributed by atoms with van der Waals surface area (Å²) in [7, 11) is 3.48. The second-order valence-electron chi connectivity index (χ2n) is 2.49. The Balaban J connectivity index is 4.40. The number of amides is 1. The number of esters is 1. The van der Waals surface area contributed by atoms with E-state index in [2.05, 4.69) is 5.32 Å². The van der Waals surface area contributed by atoms with Crippen molar-refractivity contribution in [1.29, 1.82) is 0 Å². The van der Waals surface area contributed by atoms with Crippen molar-refractivity contribution in [2.24, 2.45) is 0 Å². The van der Waals surface area contributed by atoms with E-state index in [1.54, 1.807) is 25.9 Å². The van der Waals surface area contributed by atoms with Crippen LogP contribution in [0.15, 0.2) is 11.9 Å². The maximum atomic E-state index is 11.1. The van der Waals surface area contributed by atoms with E-state index in [9.17, 15) is 9.59 Å². The zero-order valence-corrected chi connectivity index (χ0v) is 8.03. The first-order valence-corrected chi connectivity index (χ1v) is 3.87. The Hall–Kier alpha value is -1.52. The molecule has 0 radical (unpaired) electrons. The van der Waals surface area contributed by atoms with Crippen LogP contribution in [0.5, 0.6) is 0 Å². The van der Waals surface area contributed by atoms with Crippen LogP contribution in [0, 0.1) is 0 Å². The van der Waals surface area contributed by atoms with E-state index in [0.717, 1.165) is 0 Å². The van der Waals surface area contributed by atoms with Crippen molar-refractivity contribution in [3.63, 3.8) is 0 Å². The van der Waals surface area contributed by atoms with E-state index >= 15 is 0 Å². The fourth-order valence-electron chi connectivity index (χ4n) is 0.679. The van der Waals surface area contributed by atoms with Crippen LogP contribution in [0.2, 0.25) is 0 Å². The largest absolute Gasteiger partial charge is 0.461 e. The molecular formula is C8H14N2O3. The van der Waals surface area contributed by atoms with Crippen LogP contribution in [0.3, 0.4) is 0 Å². The third-order valence-corrected chi connectivity index (χ3v) is 1.10. The summed E-state index contributed by atoms with van der Waals surface area (Å²) in [6.45, 7) is 1.98. The molecule has 0 aromatic carbocycles. The van der Waals surface area contributed by atoms with E-state index in [-0.39, 0.29) is 12.3 Å². The first-order chi connectivity index (χ1) is 6.11. The highest BCUT2D eigenvalue weighted by Crippen LogP contribution is 1.94. The van der Waals surface area contributed by atoms with Crippen molar-refractivity contribution < 1.29 is 14.3 Å². The highest BCUT2D eigenvalue weighted by atomic mass is 16.5. The molecule has 5 nitrogen and oxygen atoms in total. The van der Waals surface area contributed by atoms with E-state index < -0.39 is 5.97 Å². The Kier molecular flexibility index (Phi) is 5.34. The number of ether oxygens (including phenoxy) is 1. The van der Waals surface area contributed by atoms with Gasteiger partial charge in [0.15, 0.2) is 0 Å². The minimum absolute atomic E-state index is 0.127. The third-order valence-electron chi connectivity index (χ3n) is 1.10. The van der Waals surface area contributed by atoms with Gasteiger partial charge in [-0.05, 0) is 6.92 Å². The molecule has 1 amide bonds. The van der Waals surface area contributed by atoms with Crippen LogP contribution >= 0.6 is 0 Å². The van der Waals surface area contributed by atoms with Gasteiger partial charge in [-0.1, -0.05) is 0 Å². The second kappa shape index (κ2) is 6.05. The molecule has 0 aliphatic heterocycles.